The summed E-state index contributed by atoms with van der Waals surface area (Å²) in [7, 11) is -3.85. The number of benzene rings is 2. The Labute approximate surface area is 145 Å². The molecule has 0 saturated heterocycles. The fraction of sp³-hybridized carbons (Fsp3) is 0.188. The molecule has 0 aromatic heterocycles. The molecule has 1 atom stereocenters. The molecule has 25 heavy (non-hydrogen) atoms. The number of rotatable bonds is 6. The third kappa shape index (κ3) is 4.85. The Bertz CT molecular complexity index is 894. The summed E-state index contributed by atoms with van der Waals surface area (Å²) in [5.41, 5.74) is 0.946. The van der Waals surface area contributed by atoms with Gasteiger partial charge >= 0.3 is 0 Å². The van der Waals surface area contributed by atoms with E-state index in [1.807, 2.05) is 6.92 Å². The molecule has 0 heterocycles. The van der Waals surface area contributed by atoms with Gasteiger partial charge in [-0.25, -0.2) is 8.42 Å². The second kappa shape index (κ2) is 7.41. The van der Waals surface area contributed by atoms with Crippen molar-refractivity contribution >= 4 is 27.3 Å². The zero-order valence-electron chi connectivity index (χ0n) is 13.6. The third-order valence-electron chi connectivity index (χ3n) is 3.38. The number of nitro benzene ring substituents is 1. The molecule has 0 saturated carbocycles. The molecule has 0 aliphatic carbocycles. The maximum atomic E-state index is 12.3. The van der Waals surface area contributed by atoms with Crippen LogP contribution in [0.1, 0.15) is 12.5 Å². The van der Waals surface area contributed by atoms with E-state index in [4.69, 9.17) is 0 Å². The number of nitrogens with one attached hydrogen (secondary N) is 2. The van der Waals surface area contributed by atoms with Crippen molar-refractivity contribution in [2.24, 2.45) is 0 Å². The van der Waals surface area contributed by atoms with Gasteiger partial charge in [0, 0.05) is 17.8 Å². The van der Waals surface area contributed by atoms with Gasteiger partial charge in [-0.3, -0.25) is 14.9 Å². The number of anilines is 1. The molecule has 0 unspecified atom stereocenters. The van der Waals surface area contributed by atoms with E-state index in [0.29, 0.717) is 0 Å². The summed E-state index contributed by atoms with van der Waals surface area (Å²) in [6.45, 7) is 3.22. The lowest BCUT2D eigenvalue weighted by Gasteiger charge is -2.14. The van der Waals surface area contributed by atoms with E-state index < -0.39 is 26.9 Å². The smallest absolute Gasteiger partial charge is 0.271 e. The van der Waals surface area contributed by atoms with Crippen LogP contribution in [-0.2, 0) is 14.8 Å². The molecule has 2 N–H and O–H groups in total. The van der Waals surface area contributed by atoms with Crippen LogP contribution in [0.4, 0.5) is 11.4 Å². The Morgan fingerprint density at radius 1 is 1.16 bits per heavy atom. The number of carbonyl (C=O) groups is 1. The van der Waals surface area contributed by atoms with Crippen LogP contribution in [0.15, 0.2) is 53.4 Å². The lowest BCUT2D eigenvalue weighted by Crippen LogP contribution is -2.41. The molecule has 132 valence electrons. The molecule has 0 fully saturated rings. The number of nitro groups is 1. The predicted molar refractivity (Wildman–Crippen MR) is 92.7 cm³/mol. The van der Waals surface area contributed by atoms with Gasteiger partial charge < -0.3 is 5.32 Å². The monoisotopic (exact) mass is 363 g/mol. The molecular weight excluding hydrogens is 346 g/mol. The van der Waals surface area contributed by atoms with Gasteiger partial charge in [0.1, 0.15) is 0 Å². The molecule has 8 nitrogen and oxygen atoms in total. The van der Waals surface area contributed by atoms with E-state index in [9.17, 15) is 23.3 Å². The molecule has 2 aromatic rings. The summed E-state index contributed by atoms with van der Waals surface area (Å²) in [6.07, 6.45) is 0. The first-order valence-electron chi connectivity index (χ1n) is 7.33. The lowest BCUT2D eigenvalue weighted by molar-refractivity contribution is -0.384. The fourth-order valence-electron chi connectivity index (χ4n) is 2.02. The first kappa shape index (κ1) is 18.6. The minimum absolute atomic E-state index is 0.0492. The van der Waals surface area contributed by atoms with Gasteiger partial charge in [-0.2, -0.15) is 4.72 Å². The largest absolute Gasteiger partial charge is 0.324 e. The fourth-order valence-corrected chi connectivity index (χ4v) is 3.22. The third-order valence-corrected chi connectivity index (χ3v) is 4.94. The number of non-ortho nitro benzene ring substituents is 1. The molecule has 2 rings (SSSR count). The molecular formula is C16H17N3O5S. The standard InChI is InChI=1S/C16H17N3O5S/c1-11-6-8-15(9-7-11)25(23,24)18-12(2)16(20)17-13-4-3-5-14(10-13)19(21)22/h3-10,12,18H,1-2H3,(H,17,20)/t12-/m0/s1. The molecule has 2 aromatic carbocycles. The second-order valence-electron chi connectivity index (χ2n) is 5.45. The first-order chi connectivity index (χ1) is 11.7. The predicted octanol–water partition coefficient (Wildman–Crippen LogP) is 2.21. The van der Waals surface area contributed by atoms with E-state index in [1.165, 1.54) is 43.3 Å². The van der Waals surface area contributed by atoms with E-state index in [0.717, 1.165) is 5.56 Å². The van der Waals surface area contributed by atoms with Crippen LogP contribution < -0.4 is 10.0 Å². The second-order valence-corrected chi connectivity index (χ2v) is 7.17. The minimum atomic E-state index is -3.85. The number of carbonyl (C=O) groups excluding carboxylic acids is 1. The van der Waals surface area contributed by atoms with Crippen LogP contribution in [0.25, 0.3) is 0 Å². The Balaban J connectivity index is 2.08. The van der Waals surface area contributed by atoms with Crippen molar-refractivity contribution in [3.8, 4) is 0 Å². The maximum Gasteiger partial charge on any atom is 0.271 e. The van der Waals surface area contributed by atoms with Gasteiger partial charge in [-0.05, 0) is 32.0 Å². The Kier molecular flexibility index (Phi) is 5.50. The zero-order valence-corrected chi connectivity index (χ0v) is 14.4. The SMILES string of the molecule is Cc1ccc(S(=O)(=O)N[C@@H](C)C(=O)Nc2cccc([N+](=O)[O-])c2)cc1. The Morgan fingerprint density at radius 2 is 1.80 bits per heavy atom. The highest BCUT2D eigenvalue weighted by atomic mass is 32.2. The number of hydrogen-bond donors (Lipinski definition) is 2. The Hall–Kier alpha value is -2.78. The van der Waals surface area contributed by atoms with E-state index in [-0.39, 0.29) is 16.3 Å². The van der Waals surface area contributed by atoms with E-state index in [2.05, 4.69) is 10.0 Å². The van der Waals surface area contributed by atoms with Crippen molar-refractivity contribution < 1.29 is 18.1 Å². The van der Waals surface area contributed by atoms with Crippen LogP contribution in [-0.4, -0.2) is 25.3 Å². The van der Waals surface area contributed by atoms with Crippen LogP contribution in [0, 0.1) is 17.0 Å². The van der Waals surface area contributed by atoms with Gasteiger partial charge in [0.15, 0.2) is 0 Å². The molecule has 9 heteroatoms. The first-order valence-corrected chi connectivity index (χ1v) is 8.82. The molecule has 0 bridgehead atoms. The normalized spacial score (nSPS) is 12.4. The minimum Gasteiger partial charge on any atom is -0.324 e. The van der Waals surface area contributed by atoms with Crippen molar-refractivity contribution in [1.82, 2.24) is 4.72 Å². The number of amides is 1. The molecule has 0 radical (unpaired) electrons. The average molecular weight is 363 g/mol. The maximum absolute atomic E-state index is 12.3. The quantitative estimate of drug-likeness (QED) is 0.602. The molecule has 1 amide bonds. The van der Waals surface area contributed by atoms with Gasteiger partial charge in [-0.1, -0.05) is 23.8 Å². The van der Waals surface area contributed by atoms with E-state index in [1.54, 1.807) is 12.1 Å². The van der Waals surface area contributed by atoms with Crippen molar-refractivity contribution in [2.75, 3.05) is 5.32 Å². The molecule has 0 spiro atoms. The summed E-state index contributed by atoms with van der Waals surface area (Å²) >= 11 is 0. The van der Waals surface area contributed by atoms with Gasteiger partial charge in [0.25, 0.3) is 5.69 Å². The van der Waals surface area contributed by atoms with Crippen LogP contribution in [0.5, 0.6) is 0 Å². The van der Waals surface area contributed by atoms with Crippen molar-refractivity contribution in [2.45, 2.75) is 24.8 Å². The van der Waals surface area contributed by atoms with Gasteiger partial charge in [0.05, 0.1) is 15.9 Å². The Morgan fingerprint density at radius 3 is 2.40 bits per heavy atom. The average Bonchev–Trinajstić information content (AvgIpc) is 2.55. The lowest BCUT2D eigenvalue weighted by atomic mass is 10.2. The number of aryl methyl sites for hydroxylation is 1. The molecule has 0 aliphatic heterocycles. The van der Waals surface area contributed by atoms with Gasteiger partial charge in [-0.15, -0.1) is 0 Å². The van der Waals surface area contributed by atoms with Crippen molar-refractivity contribution in [3.63, 3.8) is 0 Å². The highest BCUT2D eigenvalue weighted by Gasteiger charge is 2.22. The number of hydrogen-bond acceptors (Lipinski definition) is 5. The van der Waals surface area contributed by atoms with Crippen LogP contribution in [0.2, 0.25) is 0 Å². The van der Waals surface area contributed by atoms with Crippen molar-refractivity contribution in [1.29, 1.82) is 0 Å². The van der Waals surface area contributed by atoms with Gasteiger partial charge in [0.2, 0.25) is 15.9 Å². The summed E-state index contributed by atoms with van der Waals surface area (Å²) in [5.74, 6) is -0.629. The zero-order chi connectivity index (χ0) is 18.6. The molecule has 0 aliphatic rings. The highest BCUT2D eigenvalue weighted by molar-refractivity contribution is 7.89. The van der Waals surface area contributed by atoms with Crippen molar-refractivity contribution in [3.05, 3.63) is 64.2 Å². The summed E-state index contributed by atoms with van der Waals surface area (Å²) in [4.78, 5) is 22.4. The van der Waals surface area contributed by atoms with E-state index >= 15 is 0 Å². The summed E-state index contributed by atoms with van der Waals surface area (Å²) in [6, 6.07) is 10.5. The highest BCUT2D eigenvalue weighted by Crippen LogP contribution is 2.17. The summed E-state index contributed by atoms with van der Waals surface area (Å²) in [5, 5.41) is 13.2. The summed E-state index contributed by atoms with van der Waals surface area (Å²) < 4.78 is 26.8. The van der Waals surface area contributed by atoms with Crippen LogP contribution >= 0.6 is 0 Å². The topological polar surface area (TPSA) is 118 Å². The number of sulfonamides is 1. The van der Waals surface area contributed by atoms with Crippen LogP contribution in [0.3, 0.4) is 0 Å². The number of nitrogens with zero attached hydrogens (tertiary/aromatic N) is 1.